The fraction of sp³-hybridized carbons (Fsp3) is 0.375. The van der Waals surface area contributed by atoms with Gasteiger partial charge in [0.1, 0.15) is 0 Å². The summed E-state index contributed by atoms with van der Waals surface area (Å²) in [6, 6.07) is 17.1. The number of amides is 1. The number of carbonyl (C=O) groups is 1. The molecule has 154 valence electrons. The third-order valence-electron chi connectivity index (χ3n) is 6.69. The summed E-state index contributed by atoms with van der Waals surface area (Å²) < 4.78 is 5.50. The minimum absolute atomic E-state index is 0.0332. The molecule has 0 unspecified atom stereocenters. The van der Waals surface area contributed by atoms with Crippen LogP contribution in [0.4, 0.5) is 0 Å². The molecule has 5 rings (SSSR count). The maximum absolute atomic E-state index is 13.3. The summed E-state index contributed by atoms with van der Waals surface area (Å²) in [6.07, 6.45) is 5.85. The molecular formula is C24H25N3O3. The number of aromatic nitrogens is 2. The molecule has 0 bridgehead atoms. The molecular weight excluding hydrogens is 378 g/mol. The van der Waals surface area contributed by atoms with Gasteiger partial charge in [-0.1, -0.05) is 48.0 Å². The van der Waals surface area contributed by atoms with Crippen LogP contribution in [0.1, 0.15) is 55.7 Å². The van der Waals surface area contributed by atoms with Gasteiger partial charge in [0.15, 0.2) is 5.76 Å². The van der Waals surface area contributed by atoms with E-state index in [0.717, 1.165) is 44.2 Å². The highest BCUT2D eigenvalue weighted by atomic mass is 16.5. The van der Waals surface area contributed by atoms with E-state index >= 15 is 0 Å². The number of rotatable bonds is 5. The second-order valence-corrected chi connectivity index (χ2v) is 8.48. The second kappa shape index (κ2) is 7.59. The summed E-state index contributed by atoms with van der Waals surface area (Å²) >= 11 is 0. The second-order valence-electron chi connectivity index (χ2n) is 8.48. The Balaban J connectivity index is 1.35. The molecule has 0 radical (unpaired) electrons. The van der Waals surface area contributed by atoms with E-state index in [4.69, 9.17) is 4.52 Å². The Morgan fingerprint density at radius 1 is 1.07 bits per heavy atom. The summed E-state index contributed by atoms with van der Waals surface area (Å²) in [7, 11) is 0. The fourth-order valence-electron chi connectivity index (χ4n) is 4.91. The maximum atomic E-state index is 13.3. The third kappa shape index (κ3) is 3.36. The molecule has 2 aliphatic rings. The van der Waals surface area contributed by atoms with Gasteiger partial charge in [-0.05, 0) is 43.7 Å². The average molecular weight is 403 g/mol. The lowest BCUT2D eigenvalue weighted by Crippen LogP contribution is -2.52. The molecule has 2 saturated carbocycles. The number of carbonyl (C=O) groups excluding carboxylic acids is 1. The lowest BCUT2D eigenvalue weighted by molar-refractivity contribution is -0.128. The van der Waals surface area contributed by atoms with Crippen LogP contribution in [0.25, 0.3) is 11.5 Å². The predicted molar refractivity (Wildman–Crippen MR) is 113 cm³/mol. The van der Waals surface area contributed by atoms with E-state index in [9.17, 15) is 9.59 Å². The van der Waals surface area contributed by atoms with Crippen molar-refractivity contribution in [2.45, 2.75) is 50.0 Å². The zero-order valence-corrected chi connectivity index (χ0v) is 16.8. The highest BCUT2D eigenvalue weighted by molar-refractivity contribution is 5.81. The number of nitrogens with one attached hydrogen (secondary N) is 2. The van der Waals surface area contributed by atoms with E-state index in [1.54, 1.807) is 12.1 Å². The van der Waals surface area contributed by atoms with Gasteiger partial charge in [0.05, 0.1) is 16.9 Å². The van der Waals surface area contributed by atoms with E-state index in [0.29, 0.717) is 11.5 Å². The maximum Gasteiger partial charge on any atom is 0.248 e. The largest absolute Gasteiger partial charge is 0.354 e. The Kier molecular flexibility index (Phi) is 4.77. The highest BCUT2D eigenvalue weighted by Gasteiger charge is 2.43. The van der Waals surface area contributed by atoms with Crippen molar-refractivity contribution in [1.82, 2.24) is 15.5 Å². The minimum atomic E-state index is -0.232. The monoisotopic (exact) mass is 403 g/mol. The van der Waals surface area contributed by atoms with Crippen LogP contribution >= 0.6 is 0 Å². The van der Waals surface area contributed by atoms with Gasteiger partial charge in [0.25, 0.3) is 0 Å². The number of hydrogen-bond acceptors (Lipinski definition) is 4. The standard InChI is InChI=1S/C24H25N3O3/c28-22-12-5-11-19(25-22)21-15-20(27-30-21)17-9-4-10-18(17)23(29)26-24(13-6-14-24)16-7-2-1-3-8-16/h1-3,5,7-8,11-12,15,17-18H,4,6,9-10,13-14H2,(H,25,28)(H,26,29)/t17-,18-/m1/s1. The Bertz CT molecular complexity index is 1100. The molecule has 2 fully saturated rings. The molecule has 0 aliphatic heterocycles. The van der Waals surface area contributed by atoms with Crippen LogP contribution in [0.3, 0.4) is 0 Å². The Hall–Kier alpha value is -3.15. The molecule has 2 heterocycles. The van der Waals surface area contributed by atoms with Gasteiger partial charge < -0.3 is 14.8 Å². The van der Waals surface area contributed by atoms with Gasteiger partial charge >= 0.3 is 0 Å². The van der Waals surface area contributed by atoms with Gasteiger partial charge in [-0.3, -0.25) is 9.59 Å². The molecule has 2 aromatic heterocycles. The van der Waals surface area contributed by atoms with Crippen LogP contribution in [-0.2, 0) is 10.3 Å². The lowest BCUT2D eigenvalue weighted by Gasteiger charge is -2.44. The molecule has 0 saturated heterocycles. The van der Waals surface area contributed by atoms with Crippen molar-refractivity contribution in [1.29, 1.82) is 0 Å². The van der Waals surface area contributed by atoms with Gasteiger partial charge in [-0.15, -0.1) is 0 Å². The minimum Gasteiger partial charge on any atom is -0.354 e. The lowest BCUT2D eigenvalue weighted by atomic mass is 9.71. The molecule has 2 N–H and O–H groups in total. The van der Waals surface area contributed by atoms with Crippen molar-refractivity contribution in [3.8, 4) is 11.5 Å². The smallest absolute Gasteiger partial charge is 0.248 e. The average Bonchev–Trinajstić information content (AvgIpc) is 3.40. The van der Waals surface area contributed by atoms with Crippen molar-refractivity contribution in [2.24, 2.45) is 5.92 Å². The quantitative estimate of drug-likeness (QED) is 0.671. The number of aromatic amines is 1. The zero-order valence-electron chi connectivity index (χ0n) is 16.8. The molecule has 30 heavy (non-hydrogen) atoms. The summed E-state index contributed by atoms with van der Waals surface area (Å²) in [4.78, 5) is 27.7. The zero-order chi connectivity index (χ0) is 20.6. The number of hydrogen-bond donors (Lipinski definition) is 2. The Morgan fingerprint density at radius 3 is 2.63 bits per heavy atom. The van der Waals surface area contributed by atoms with Crippen molar-refractivity contribution in [3.05, 3.63) is 76.2 Å². The molecule has 3 aromatic rings. The summed E-state index contributed by atoms with van der Waals surface area (Å²) in [6.45, 7) is 0. The van der Waals surface area contributed by atoms with Crippen molar-refractivity contribution in [3.63, 3.8) is 0 Å². The molecule has 0 spiro atoms. The number of benzene rings is 1. The van der Waals surface area contributed by atoms with Crippen LogP contribution in [-0.4, -0.2) is 16.0 Å². The first kappa shape index (κ1) is 18.9. The van der Waals surface area contributed by atoms with E-state index < -0.39 is 0 Å². The van der Waals surface area contributed by atoms with E-state index in [2.05, 4.69) is 27.6 Å². The van der Waals surface area contributed by atoms with Crippen molar-refractivity contribution < 1.29 is 9.32 Å². The van der Waals surface area contributed by atoms with Gasteiger partial charge in [-0.25, -0.2) is 0 Å². The summed E-state index contributed by atoms with van der Waals surface area (Å²) in [5, 5.41) is 7.64. The molecule has 2 atom stereocenters. The van der Waals surface area contributed by atoms with Crippen LogP contribution in [0.15, 0.2) is 63.9 Å². The topological polar surface area (TPSA) is 88.0 Å². The van der Waals surface area contributed by atoms with E-state index in [1.807, 2.05) is 24.3 Å². The SMILES string of the molecule is O=C(NC1(c2ccccc2)CCC1)[C@@H]1CCC[C@H]1c1cc(-c2cccc(=O)[nH]2)on1. The van der Waals surface area contributed by atoms with Gasteiger partial charge in [-0.2, -0.15) is 0 Å². The molecule has 6 heteroatoms. The first-order chi connectivity index (χ1) is 14.6. The number of nitrogens with zero attached hydrogens (tertiary/aromatic N) is 1. The third-order valence-corrected chi connectivity index (χ3v) is 6.69. The number of H-pyrrole nitrogens is 1. The van der Waals surface area contributed by atoms with Gasteiger partial charge in [0, 0.05) is 24.0 Å². The fourth-order valence-corrected chi connectivity index (χ4v) is 4.91. The first-order valence-corrected chi connectivity index (χ1v) is 10.7. The molecule has 2 aliphatic carbocycles. The summed E-state index contributed by atoms with van der Waals surface area (Å²) in [5.74, 6) is 0.553. The number of pyridine rings is 1. The van der Waals surface area contributed by atoms with E-state index in [1.165, 1.54) is 11.6 Å². The molecule has 1 aromatic carbocycles. The van der Waals surface area contributed by atoms with Gasteiger partial charge in [0.2, 0.25) is 11.5 Å². The van der Waals surface area contributed by atoms with Crippen LogP contribution in [0, 0.1) is 5.92 Å². The van der Waals surface area contributed by atoms with Crippen LogP contribution in [0.5, 0.6) is 0 Å². The van der Waals surface area contributed by atoms with Crippen molar-refractivity contribution >= 4 is 5.91 Å². The Labute approximate surface area is 174 Å². The van der Waals surface area contributed by atoms with Crippen LogP contribution in [0.2, 0.25) is 0 Å². The normalized spacial score (nSPS) is 22.4. The Morgan fingerprint density at radius 2 is 1.90 bits per heavy atom. The summed E-state index contributed by atoms with van der Waals surface area (Å²) in [5.41, 5.74) is 2.16. The van der Waals surface area contributed by atoms with Crippen molar-refractivity contribution in [2.75, 3.05) is 0 Å². The molecule has 1 amide bonds. The molecule has 6 nitrogen and oxygen atoms in total. The highest BCUT2D eigenvalue weighted by Crippen LogP contribution is 2.44. The van der Waals surface area contributed by atoms with Crippen LogP contribution < -0.4 is 10.9 Å². The first-order valence-electron chi connectivity index (χ1n) is 10.7. The van der Waals surface area contributed by atoms with E-state index in [-0.39, 0.29) is 28.8 Å². The predicted octanol–water partition coefficient (Wildman–Crippen LogP) is 4.11.